The van der Waals surface area contributed by atoms with Crippen LogP contribution in [0.1, 0.15) is 0 Å². The van der Waals surface area contributed by atoms with Crippen LogP contribution in [0.15, 0.2) is 46.9 Å². The topological polar surface area (TPSA) is 38.0 Å². The van der Waals surface area contributed by atoms with Gasteiger partial charge in [0.2, 0.25) is 0 Å². The summed E-state index contributed by atoms with van der Waals surface area (Å²) in [4.78, 5) is 0. The third-order valence-corrected chi connectivity index (χ3v) is 2.85. The summed E-state index contributed by atoms with van der Waals surface area (Å²) >= 11 is 3.42. The number of nitrogens with one attached hydrogen (secondary N) is 1. The van der Waals surface area contributed by atoms with Crippen LogP contribution in [-0.2, 0) is 0 Å². The summed E-state index contributed by atoms with van der Waals surface area (Å²) in [6.45, 7) is 0. The van der Waals surface area contributed by atoms with Gasteiger partial charge in [-0.05, 0) is 46.3 Å². The molecule has 0 fully saturated rings. The largest absolute Gasteiger partial charge is 0.397 e. The fourth-order valence-electron chi connectivity index (χ4n) is 1.36. The first kappa shape index (κ1) is 11.0. The molecule has 0 unspecified atom stereocenters. The number of nitrogens with two attached hydrogens (primary N) is 1. The van der Waals surface area contributed by atoms with Crippen molar-refractivity contribution in [3.63, 3.8) is 0 Å². The first-order chi connectivity index (χ1) is 7.66. The third-order valence-electron chi connectivity index (χ3n) is 2.16. The van der Waals surface area contributed by atoms with Gasteiger partial charge in [-0.2, -0.15) is 0 Å². The summed E-state index contributed by atoms with van der Waals surface area (Å²) < 4.78 is 13.8. The van der Waals surface area contributed by atoms with E-state index in [-0.39, 0.29) is 5.82 Å². The number of anilines is 3. The number of hydrogen-bond acceptors (Lipinski definition) is 2. The maximum Gasteiger partial charge on any atom is 0.125 e. The monoisotopic (exact) mass is 280 g/mol. The summed E-state index contributed by atoms with van der Waals surface area (Å²) in [6.07, 6.45) is 0. The SMILES string of the molecule is Nc1cc(F)ccc1Nc1ccccc1Br. The normalized spacial score (nSPS) is 10.1. The van der Waals surface area contributed by atoms with Crippen LogP contribution in [0.25, 0.3) is 0 Å². The van der Waals surface area contributed by atoms with Gasteiger partial charge < -0.3 is 11.1 Å². The highest BCUT2D eigenvalue weighted by Crippen LogP contribution is 2.28. The minimum absolute atomic E-state index is 0.338. The number of rotatable bonds is 2. The third kappa shape index (κ3) is 2.33. The molecule has 0 bridgehead atoms. The molecule has 2 aromatic rings. The minimum Gasteiger partial charge on any atom is -0.397 e. The smallest absolute Gasteiger partial charge is 0.125 e. The molecule has 0 aromatic heterocycles. The van der Waals surface area contributed by atoms with E-state index in [9.17, 15) is 4.39 Å². The summed E-state index contributed by atoms with van der Waals surface area (Å²) in [5, 5.41) is 3.13. The first-order valence-electron chi connectivity index (χ1n) is 4.73. The van der Waals surface area contributed by atoms with Gasteiger partial charge in [0.1, 0.15) is 5.82 Å². The molecule has 16 heavy (non-hydrogen) atoms. The van der Waals surface area contributed by atoms with E-state index in [4.69, 9.17) is 5.73 Å². The average molecular weight is 281 g/mol. The Morgan fingerprint density at radius 2 is 1.81 bits per heavy atom. The van der Waals surface area contributed by atoms with E-state index >= 15 is 0 Å². The van der Waals surface area contributed by atoms with Crippen molar-refractivity contribution in [1.82, 2.24) is 0 Å². The van der Waals surface area contributed by atoms with Gasteiger partial charge >= 0.3 is 0 Å². The van der Waals surface area contributed by atoms with E-state index in [1.807, 2.05) is 24.3 Å². The molecule has 2 rings (SSSR count). The van der Waals surface area contributed by atoms with Crippen LogP contribution in [0.4, 0.5) is 21.5 Å². The van der Waals surface area contributed by atoms with Gasteiger partial charge in [-0.25, -0.2) is 4.39 Å². The van der Waals surface area contributed by atoms with Crippen LogP contribution in [0.3, 0.4) is 0 Å². The Kier molecular flexibility index (Phi) is 3.10. The fourth-order valence-corrected chi connectivity index (χ4v) is 1.74. The molecule has 0 saturated heterocycles. The molecular formula is C12H10BrFN2. The molecule has 0 atom stereocenters. The Balaban J connectivity index is 2.31. The lowest BCUT2D eigenvalue weighted by Crippen LogP contribution is -1.97. The number of para-hydroxylation sites is 1. The Bertz CT molecular complexity index is 514. The van der Waals surface area contributed by atoms with Crippen molar-refractivity contribution in [1.29, 1.82) is 0 Å². The number of nitrogen functional groups attached to an aromatic ring is 1. The number of halogens is 2. The maximum atomic E-state index is 12.8. The number of benzene rings is 2. The predicted octanol–water partition coefficient (Wildman–Crippen LogP) is 3.91. The van der Waals surface area contributed by atoms with Gasteiger partial charge in [-0.1, -0.05) is 12.1 Å². The lowest BCUT2D eigenvalue weighted by atomic mass is 10.2. The summed E-state index contributed by atoms with van der Waals surface area (Å²) in [5.74, 6) is -0.338. The zero-order valence-corrected chi connectivity index (χ0v) is 9.96. The predicted molar refractivity (Wildman–Crippen MR) is 68.2 cm³/mol. The molecule has 0 heterocycles. The molecule has 0 saturated carbocycles. The van der Waals surface area contributed by atoms with Gasteiger partial charge in [0.15, 0.2) is 0 Å². The van der Waals surface area contributed by atoms with Crippen molar-refractivity contribution >= 4 is 33.0 Å². The van der Waals surface area contributed by atoms with Crippen molar-refractivity contribution < 1.29 is 4.39 Å². The van der Waals surface area contributed by atoms with Gasteiger partial charge in [-0.15, -0.1) is 0 Å². The molecule has 2 nitrogen and oxygen atoms in total. The molecule has 0 aliphatic carbocycles. The second-order valence-electron chi connectivity index (χ2n) is 3.34. The van der Waals surface area contributed by atoms with Gasteiger partial charge in [0.05, 0.1) is 17.1 Å². The highest BCUT2D eigenvalue weighted by molar-refractivity contribution is 9.10. The first-order valence-corrected chi connectivity index (χ1v) is 5.53. The Morgan fingerprint density at radius 3 is 2.50 bits per heavy atom. The molecule has 0 spiro atoms. The van der Waals surface area contributed by atoms with Crippen LogP contribution >= 0.6 is 15.9 Å². The highest BCUT2D eigenvalue weighted by atomic mass is 79.9. The Hall–Kier alpha value is -1.55. The molecule has 0 amide bonds. The van der Waals surface area contributed by atoms with Crippen LogP contribution in [-0.4, -0.2) is 0 Å². The Morgan fingerprint density at radius 1 is 1.06 bits per heavy atom. The summed E-state index contributed by atoms with van der Waals surface area (Å²) in [6, 6.07) is 11.9. The van der Waals surface area contributed by atoms with E-state index in [2.05, 4.69) is 21.2 Å². The zero-order chi connectivity index (χ0) is 11.5. The van der Waals surface area contributed by atoms with Crippen LogP contribution in [0.5, 0.6) is 0 Å². The van der Waals surface area contributed by atoms with Gasteiger partial charge in [-0.3, -0.25) is 0 Å². The van der Waals surface area contributed by atoms with E-state index in [1.165, 1.54) is 12.1 Å². The van der Waals surface area contributed by atoms with E-state index in [1.54, 1.807) is 6.07 Å². The van der Waals surface area contributed by atoms with E-state index < -0.39 is 0 Å². The second-order valence-corrected chi connectivity index (χ2v) is 4.19. The van der Waals surface area contributed by atoms with E-state index in [0.717, 1.165) is 10.2 Å². The zero-order valence-electron chi connectivity index (χ0n) is 8.37. The fraction of sp³-hybridized carbons (Fsp3) is 0. The highest BCUT2D eigenvalue weighted by Gasteiger charge is 2.03. The van der Waals surface area contributed by atoms with Crippen molar-refractivity contribution in [2.45, 2.75) is 0 Å². The maximum absolute atomic E-state index is 12.8. The molecular weight excluding hydrogens is 271 g/mol. The van der Waals surface area contributed by atoms with Crippen LogP contribution in [0.2, 0.25) is 0 Å². The minimum atomic E-state index is -0.338. The average Bonchev–Trinajstić information content (AvgIpc) is 2.25. The molecule has 0 radical (unpaired) electrons. The molecule has 82 valence electrons. The van der Waals surface area contributed by atoms with Crippen molar-refractivity contribution in [2.24, 2.45) is 0 Å². The number of hydrogen-bond donors (Lipinski definition) is 2. The van der Waals surface area contributed by atoms with Gasteiger partial charge in [0, 0.05) is 4.47 Å². The molecule has 3 N–H and O–H groups in total. The van der Waals surface area contributed by atoms with Gasteiger partial charge in [0.25, 0.3) is 0 Å². The standard InChI is InChI=1S/C12H10BrFN2/c13-9-3-1-2-4-11(9)16-12-6-5-8(14)7-10(12)15/h1-7,16H,15H2. The lowest BCUT2D eigenvalue weighted by molar-refractivity contribution is 0.628. The van der Waals surface area contributed by atoms with Crippen LogP contribution in [0, 0.1) is 5.82 Å². The Labute approximate surface area is 101 Å². The van der Waals surface area contributed by atoms with E-state index in [0.29, 0.717) is 11.4 Å². The molecule has 0 aliphatic heterocycles. The molecule has 4 heteroatoms. The molecule has 0 aliphatic rings. The lowest BCUT2D eigenvalue weighted by Gasteiger charge is -2.10. The van der Waals surface area contributed by atoms with Crippen LogP contribution < -0.4 is 11.1 Å². The van der Waals surface area contributed by atoms with Crippen molar-refractivity contribution in [3.8, 4) is 0 Å². The van der Waals surface area contributed by atoms with Crippen molar-refractivity contribution in [3.05, 3.63) is 52.8 Å². The quantitative estimate of drug-likeness (QED) is 0.819. The summed E-state index contributed by atoms with van der Waals surface area (Å²) in [5.41, 5.74) is 7.66. The van der Waals surface area contributed by atoms with Crippen molar-refractivity contribution in [2.75, 3.05) is 11.1 Å². The second kappa shape index (κ2) is 4.53. The summed E-state index contributed by atoms with van der Waals surface area (Å²) in [7, 11) is 0. The molecule has 2 aromatic carbocycles.